The van der Waals surface area contributed by atoms with Gasteiger partial charge in [-0.2, -0.15) is 13.2 Å². The Morgan fingerprint density at radius 3 is 2.59 bits per heavy atom. The van der Waals surface area contributed by atoms with E-state index in [1.54, 1.807) is 6.07 Å². The number of nitrogens with zero attached hydrogens (tertiary/aromatic N) is 3. The fourth-order valence-corrected chi connectivity index (χ4v) is 3.49. The second-order valence-electron chi connectivity index (χ2n) is 7.10. The molecule has 1 saturated heterocycles. The topological polar surface area (TPSA) is 77.3 Å². The molecule has 2 aliphatic rings. The van der Waals surface area contributed by atoms with Gasteiger partial charge in [-0.15, -0.1) is 0 Å². The average molecular weight is 419 g/mol. The number of ether oxygens (including phenoxy) is 3. The van der Waals surface area contributed by atoms with Gasteiger partial charge in [0.1, 0.15) is 12.4 Å². The van der Waals surface area contributed by atoms with E-state index >= 15 is 0 Å². The van der Waals surface area contributed by atoms with E-state index < -0.39 is 17.7 Å². The van der Waals surface area contributed by atoms with Crippen molar-refractivity contribution in [2.24, 2.45) is 0 Å². The molecule has 3 rings (SSSR count). The number of hydrogen-bond acceptors (Lipinski definition) is 7. The predicted octanol–water partition coefficient (Wildman–Crippen LogP) is 2.55. The van der Waals surface area contributed by atoms with Crippen LogP contribution in [0.4, 0.5) is 18.9 Å². The molecule has 2 heterocycles. The lowest BCUT2D eigenvalue weighted by Crippen LogP contribution is -2.46. The van der Waals surface area contributed by atoms with Gasteiger partial charge in [-0.1, -0.05) is 0 Å². The van der Waals surface area contributed by atoms with Gasteiger partial charge in [-0.05, 0) is 6.42 Å². The van der Waals surface area contributed by atoms with Crippen molar-refractivity contribution in [2.45, 2.75) is 25.7 Å². The normalized spacial score (nSPS) is 18.3. The minimum absolute atomic E-state index is 0.0188. The standard InChI is InChI=1S/C18H24F3N3O5/c19-18(20,21)12-27-7-1-2-22-3-5-23(6-4-22)10-14-8-16(24(25)26)9-15-11-28-13-29-17(14)15/h8-9H,1-7,10-13H2. The second kappa shape index (κ2) is 9.70. The zero-order chi connectivity index (χ0) is 20.9. The van der Waals surface area contributed by atoms with Crippen LogP contribution in [-0.4, -0.2) is 73.6 Å². The van der Waals surface area contributed by atoms with E-state index in [2.05, 4.69) is 14.5 Å². The van der Waals surface area contributed by atoms with Gasteiger partial charge < -0.3 is 19.1 Å². The molecule has 0 spiro atoms. The lowest BCUT2D eigenvalue weighted by Gasteiger charge is -2.35. The monoisotopic (exact) mass is 419 g/mol. The number of alkyl halides is 3. The van der Waals surface area contributed by atoms with Crippen molar-refractivity contribution in [3.05, 3.63) is 33.4 Å². The van der Waals surface area contributed by atoms with Crippen LogP contribution in [0.25, 0.3) is 0 Å². The van der Waals surface area contributed by atoms with Crippen LogP contribution in [-0.2, 0) is 22.6 Å². The van der Waals surface area contributed by atoms with E-state index in [0.29, 0.717) is 30.8 Å². The first-order valence-electron chi connectivity index (χ1n) is 9.42. The number of fused-ring (bicyclic) bond motifs is 1. The Hall–Kier alpha value is -1.95. The molecule has 0 saturated carbocycles. The summed E-state index contributed by atoms with van der Waals surface area (Å²) in [4.78, 5) is 15.2. The van der Waals surface area contributed by atoms with E-state index in [-0.39, 0.29) is 25.7 Å². The Labute approximate surface area is 166 Å². The molecule has 11 heteroatoms. The van der Waals surface area contributed by atoms with Crippen LogP contribution in [0.1, 0.15) is 17.5 Å². The molecule has 1 aromatic rings. The molecule has 0 aromatic heterocycles. The van der Waals surface area contributed by atoms with Gasteiger partial charge >= 0.3 is 6.18 Å². The molecule has 8 nitrogen and oxygen atoms in total. The molecular formula is C18H24F3N3O5. The first-order chi connectivity index (χ1) is 13.8. The molecule has 1 fully saturated rings. The van der Waals surface area contributed by atoms with Gasteiger partial charge in [0.05, 0.1) is 11.5 Å². The largest absolute Gasteiger partial charge is 0.467 e. The minimum Gasteiger partial charge on any atom is -0.467 e. The maximum atomic E-state index is 12.0. The van der Waals surface area contributed by atoms with Gasteiger partial charge in [0.25, 0.3) is 5.69 Å². The van der Waals surface area contributed by atoms with Crippen molar-refractivity contribution in [3.8, 4) is 5.75 Å². The predicted molar refractivity (Wildman–Crippen MR) is 96.6 cm³/mol. The van der Waals surface area contributed by atoms with Crippen molar-refractivity contribution in [3.63, 3.8) is 0 Å². The van der Waals surface area contributed by atoms with Gasteiger partial charge in [-0.25, -0.2) is 0 Å². The van der Waals surface area contributed by atoms with Crippen molar-refractivity contribution >= 4 is 5.69 Å². The number of piperazine rings is 1. The van der Waals surface area contributed by atoms with E-state index in [1.165, 1.54) is 6.07 Å². The summed E-state index contributed by atoms with van der Waals surface area (Å²) in [5, 5.41) is 11.2. The molecular weight excluding hydrogens is 395 g/mol. The van der Waals surface area contributed by atoms with Crippen molar-refractivity contribution < 1.29 is 32.3 Å². The number of rotatable bonds is 8. The highest BCUT2D eigenvalue weighted by Gasteiger charge is 2.27. The van der Waals surface area contributed by atoms with Crippen LogP contribution in [0.3, 0.4) is 0 Å². The minimum atomic E-state index is -4.28. The summed E-state index contributed by atoms with van der Waals surface area (Å²) in [6, 6.07) is 3.03. The summed E-state index contributed by atoms with van der Waals surface area (Å²) in [6.07, 6.45) is -3.74. The Bertz CT molecular complexity index is 709. The van der Waals surface area contributed by atoms with Crippen molar-refractivity contribution in [2.75, 3.05) is 52.7 Å². The fraction of sp³-hybridized carbons (Fsp3) is 0.667. The first-order valence-corrected chi connectivity index (χ1v) is 9.42. The number of non-ortho nitro benzene ring substituents is 1. The molecule has 2 aliphatic heterocycles. The average Bonchev–Trinajstić information content (AvgIpc) is 2.68. The molecule has 0 N–H and O–H groups in total. The summed E-state index contributed by atoms with van der Waals surface area (Å²) >= 11 is 0. The lowest BCUT2D eigenvalue weighted by atomic mass is 10.1. The molecule has 0 bridgehead atoms. The second-order valence-corrected chi connectivity index (χ2v) is 7.10. The number of hydrogen-bond donors (Lipinski definition) is 0. The van der Waals surface area contributed by atoms with E-state index in [1.807, 2.05) is 0 Å². The van der Waals surface area contributed by atoms with Crippen LogP contribution < -0.4 is 4.74 Å². The molecule has 162 valence electrons. The van der Waals surface area contributed by atoms with Gasteiger partial charge in [0.15, 0.2) is 6.79 Å². The number of nitro benzene ring substituents is 1. The van der Waals surface area contributed by atoms with Crippen molar-refractivity contribution in [1.82, 2.24) is 9.80 Å². The quantitative estimate of drug-likeness (QED) is 0.364. The zero-order valence-electron chi connectivity index (χ0n) is 15.9. The maximum Gasteiger partial charge on any atom is 0.411 e. The Balaban J connectivity index is 1.47. The van der Waals surface area contributed by atoms with Crippen molar-refractivity contribution in [1.29, 1.82) is 0 Å². The molecule has 29 heavy (non-hydrogen) atoms. The SMILES string of the molecule is O=[N+]([O-])c1cc2c(c(CN3CCN(CCCOCC(F)(F)F)CC3)c1)OCOC2. The molecule has 1 aromatic carbocycles. The van der Waals surface area contributed by atoms with Gasteiger partial charge in [0.2, 0.25) is 0 Å². The van der Waals surface area contributed by atoms with Gasteiger partial charge in [0, 0.05) is 69.1 Å². The Morgan fingerprint density at radius 2 is 1.90 bits per heavy atom. The molecule has 0 unspecified atom stereocenters. The highest BCUT2D eigenvalue weighted by Crippen LogP contribution is 2.33. The van der Waals surface area contributed by atoms with Crippen LogP contribution >= 0.6 is 0 Å². The highest BCUT2D eigenvalue weighted by molar-refractivity contribution is 5.50. The molecule has 0 atom stereocenters. The summed E-state index contributed by atoms with van der Waals surface area (Å²) < 4.78 is 51.6. The molecule has 0 aliphatic carbocycles. The van der Waals surface area contributed by atoms with E-state index in [0.717, 1.165) is 31.7 Å². The van der Waals surface area contributed by atoms with Crippen LogP contribution in [0.2, 0.25) is 0 Å². The zero-order valence-corrected chi connectivity index (χ0v) is 15.9. The van der Waals surface area contributed by atoms with Crippen LogP contribution in [0.5, 0.6) is 5.75 Å². The number of halogens is 3. The van der Waals surface area contributed by atoms with Crippen LogP contribution in [0, 0.1) is 10.1 Å². The Kier molecular flexibility index (Phi) is 7.28. The fourth-order valence-electron chi connectivity index (χ4n) is 3.49. The van der Waals surface area contributed by atoms with Crippen LogP contribution in [0.15, 0.2) is 12.1 Å². The number of benzene rings is 1. The lowest BCUT2D eigenvalue weighted by molar-refractivity contribution is -0.385. The summed E-state index contributed by atoms with van der Waals surface area (Å²) in [5.74, 6) is 0.658. The smallest absolute Gasteiger partial charge is 0.411 e. The Morgan fingerprint density at radius 1 is 1.17 bits per heavy atom. The number of nitro groups is 1. The third-order valence-electron chi connectivity index (χ3n) is 4.87. The highest BCUT2D eigenvalue weighted by atomic mass is 19.4. The summed E-state index contributed by atoms with van der Waals surface area (Å²) in [5.41, 5.74) is 1.47. The molecule has 0 amide bonds. The third-order valence-corrected chi connectivity index (χ3v) is 4.87. The third kappa shape index (κ3) is 6.53. The van der Waals surface area contributed by atoms with E-state index in [9.17, 15) is 23.3 Å². The maximum absolute atomic E-state index is 12.0. The summed E-state index contributed by atoms with van der Waals surface area (Å²) in [7, 11) is 0. The van der Waals surface area contributed by atoms with Gasteiger partial charge in [-0.3, -0.25) is 15.0 Å². The van der Waals surface area contributed by atoms with E-state index in [4.69, 9.17) is 9.47 Å². The summed E-state index contributed by atoms with van der Waals surface area (Å²) in [6.45, 7) is 3.58. The first kappa shape index (κ1) is 21.8. The molecule has 0 radical (unpaired) electrons.